The zero-order valence-electron chi connectivity index (χ0n) is 15.5. The first kappa shape index (κ1) is 20.2. The molecule has 28 heavy (non-hydrogen) atoms. The summed E-state index contributed by atoms with van der Waals surface area (Å²) in [4.78, 5) is 20.5. The van der Waals surface area contributed by atoms with Gasteiger partial charge in [-0.05, 0) is 24.1 Å². The third-order valence-corrected chi connectivity index (χ3v) is 5.32. The molecule has 1 heterocycles. The predicted molar refractivity (Wildman–Crippen MR) is 115 cm³/mol. The number of halogens is 1. The van der Waals surface area contributed by atoms with Gasteiger partial charge >= 0.3 is 0 Å². The molecular weight excluding hydrogens is 392 g/mol. The van der Waals surface area contributed by atoms with Gasteiger partial charge in [-0.3, -0.25) is 4.79 Å². The summed E-state index contributed by atoms with van der Waals surface area (Å²) in [5.41, 5.74) is 3.28. The van der Waals surface area contributed by atoms with Crippen molar-refractivity contribution in [3.05, 3.63) is 82.6 Å². The van der Waals surface area contributed by atoms with Crippen LogP contribution in [0.1, 0.15) is 16.7 Å². The van der Waals surface area contributed by atoms with E-state index in [0.29, 0.717) is 29.7 Å². The minimum Gasteiger partial charge on any atom is -0.366 e. The highest BCUT2D eigenvalue weighted by Gasteiger charge is 2.06. The number of hydrogen-bond acceptors (Lipinski definition) is 5. The molecule has 1 aromatic heterocycles. The van der Waals surface area contributed by atoms with Crippen molar-refractivity contribution in [3.63, 3.8) is 0 Å². The Hall–Kier alpha value is -2.57. The number of rotatable bonds is 8. The van der Waals surface area contributed by atoms with Crippen LogP contribution in [-0.2, 0) is 17.9 Å². The highest BCUT2D eigenvalue weighted by molar-refractivity contribution is 7.99. The number of hydrogen-bond donors (Lipinski definition) is 2. The largest absolute Gasteiger partial charge is 0.366 e. The van der Waals surface area contributed by atoms with Crippen LogP contribution in [0.4, 0.5) is 5.82 Å². The number of amides is 1. The Labute approximate surface area is 173 Å². The van der Waals surface area contributed by atoms with E-state index in [1.165, 1.54) is 23.7 Å². The smallest absolute Gasteiger partial charge is 0.230 e. The maximum atomic E-state index is 12.1. The molecule has 0 fully saturated rings. The molecule has 0 radical (unpaired) electrons. The lowest BCUT2D eigenvalue weighted by Crippen LogP contribution is -2.24. The fourth-order valence-electron chi connectivity index (χ4n) is 2.44. The topological polar surface area (TPSA) is 66.9 Å². The molecule has 7 heteroatoms. The Bertz CT molecular complexity index is 934. The van der Waals surface area contributed by atoms with Crippen LogP contribution in [0.5, 0.6) is 0 Å². The molecule has 0 saturated heterocycles. The van der Waals surface area contributed by atoms with E-state index in [9.17, 15) is 4.79 Å². The molecule has 3 rings (SSSR count). The summed E-state index contributed by atoms with van der Waals surface area (Å²) in [6.45, 7) is 3.13. The minimum atomic E-state index is -0.0326. The van der Waals surface area contributed by atoms with Crippen LogP contribution < -0.4 is 10.6 Å². The fraction of sp³-hybridized carbons (Fsp3) is 0.190. The van der Waals surface area contributed by atoms with Crippen molar-refractivity contribution in [2.45, 2.75) is 25.0 Å². The maximum absolute atomic E-state index is 12.1. The highest BCUT2D eigenvalue weighted by atomic mass is 35.5. The van der Waals surface area contributed by atoms with Crippen molar-refractivity contribution in [2.75, 3.05) is 11.1 Å². The highest BCUT2D eigenvalue weighted by Crippen LogP contribution is 2.19. The molecule has 144 valence electrons. The molecule has 1 amide bonds. The molecule has 3 aromatic rings. The Kier molecular flexibility index (Phi) is 7.28. The zero-order chi connectivity index (χ0) is 19.8. The molecule has 0 unspecified atom stereocenters. The van der Waals surface area contributed by atoms with Gasteiger partial charge in [0.1, 0.15) is 17.2 Å². The average molecular weight is 413 g/mol. The Morgan fingerprint density at radius 2 is 1.86 bits per heavy atom. The quantitative estimate of drug-likeness (QED) is 0.422. The van der Waals surface area contributed by atoms with Gasteiger partial charge in [-0.15, -0.1) is 0 Å². The zero-order valence-corrected chi connectivity index (χ0v) is 17.1. The summed E-state index contributed by atoms with van der Waals surface area (Å²) in [6.07, 6.45) is 1.49. The number of carbonyl (C=O) groups is 1. The normalized spacial score (nSPS) is 10.5. The number of aryl methyl sites for hydroxylation is 1. The van der Waals surface area contributed by atoms with Crippen LogP contribution in [0.25, 0.3) is 0 Å². The lowest BCUT2D eigenvalue weighted by Gasteiger charge is -2.08. The van der Waals surface area contributed by atoms with Gasteiger partial charge in [0, 0.05) is 24.2 Å². The number of nitrogens with zero attached hydrogens (tertiary/aromatic N) is 2. The molecule has 0 aliphatic heterocycles. The average Bonchev–Trinajstić information content (AvgIpc) is 2.71. The number of anilines is 1. The van der Waals surface area contributed by atoms with Gasteiger partial charge < -0.3 is 10.6 Å². The molecule has 5 nitrogen and oxygen atoms in total. The Morgan fingerprint density at radius 3 is 2.64 bits per heavy atom. The van der Waals surface area contributed by atoms with E-state index >= 15 is 0 Å². The number of benzene rings is 2. The first-order valence-corrected chi connectivity index (χ1v) is 10.2. The van der Waals surface area contributed by atoms with Crippen LogP contribution in [-0.4, -0.2) is 21.6 Å². The summed E-state index contributed by atoms with van der Waals surface area (Å²) < 4.78 is 0. The second-order valence-electron chi connectivity index (χ2n) is 6.24. The molecule has 0 bridgehead atoms. The van der Waals surface area contributed by atoms with E-state index in [2.05, 4.69) is 20.6 Å². The van der Waals surface area contributed by atoms with Gasteiger partial charge in [-0.2, -0.15) is 0 Å². The van der Waals surface area contributed by atoms with Crippen LogP contribution in [0.3, 0.4) is 0 Å². The maximum Gasteiger partial charge on any atom is 0.230 e. The second-order valence-corrected chi connectivity index (χ2v) is 7.64. The second kappa shape index (κ2) is 10.1. The number of aromatic nitrogens is 2. The molecule has 0 atom stereocenters. The SMILES string of the molecule is Cc1ccc(CNC(=O)CSc2cc(NCc3ccccc3Cl)ncn2)cc1. The Morgan fingerprint density at radius 1 is 1.07 bits per heavy atom. The van der Waals surface area contributed by atoms with E-state index < -0.39 is 0 Å². The number of thioether (sulfide) groups is 1. The molecular formula is C21H21ClN4OS. The van der Waals surface area contributed by atoms with Crippen LogP contribution in [0.15, 0.2) is 66.0 Å². The minimum absolute atomic E-state index is 0.0326. The summed E-state index contributed by atoms with van der Waals surface area (Å²) >= 11 is 7.54. The monoisotopic (exact) mass is 412 g/mol. The summed E-state index contributed by atoms with van der Waals surface area (Å²) in [5, 5.41) is 7.60. The third-order valence-electron chi connectivity index (χ3n) is 4.02. The third kappa shape index (κ3) is 6.25. The van der Waals surface area contributed by atoms with Gasteiger partial charge in [0.05, 0.1) is 5.75 Å². The molecule has 0 saturated carbocycles. The first-order valence-electron chi connectivity index (χ1n) is 8.84. The van der Waals surface area contributed by atoms with Crippen LogP contribution in [0, 0.1) is 6.92 Å². The van der Waals surface area contributed by atoms with Crippen molar-refractivity contribution in [1.82, 2.24) is 15.3 Å². The Balaban J connectivity index is 1.46. The van der Waals surface area contributed by atoms with E-state index in [4.69, 9.17) is 11.6 Å². The summed E-state index contributed by atoms with van der Waals surface area (Å²) in [7, 11) is 0. The molecule has 2 aromatic carbocycles. The van der Waals surface area contributed by atoms with Gasteiger partial charge in [0.25, 0.3) is 0 Å². The lowest BCUT2D eigenvalue weighted by atomic mass is 10.1. The van der Waals surface area contributed by atoms with Crippen molar-refractivity contribution in [2.24, 2.45) is 0 Å². The van der Waals surface area contributed by atoms with E-state index in [0.717, 1.165) is 16.2 Å². The van der Waals surface area contributed by atoms with Crippen molar-refractivity contribution >= 4 is 35.1 Å². The van der Waals surface area contributed by atoms with E-state index in [-0.39, 0.29) is 5.91 Å². The van der Waals surface area contributed by atoms with Crippen molar-refractivity contribution in [3.8, 4) is 0 Å². The van der Waals surface area contributed by atoms with Crippen LogP contribution in [0.2, 0.25) is 5.02 Å². The van der Waals surface area contributed by atoms with Gasteiger partial charge in [0.15, 0.2) is 0 Å². The molecule has 2 N–H and O–H groups in total. The lowest BCUT2D eigenvalue weighted by molar-refractivity contribution is -0.118. The standard InChI is InChI=1S/C21H21ClN4OS/c1-15-6-8-16(9-7-15)11-24-20(27)13-28-21-10-19(25-14-26-21)23-12-17-4-2-3-5-18(17)22/h2-10,14H,11-13H2,1H3,(H,24,27)(H,23,25,26). The molecule has 0 aliphatic rings. The molecule has 0 aliphatic carbocycles. The van der Waals surface area contributed by atoms with Crippen molar-refractivity contribution < 1.29 is 4.79 Å². The summed E-state index contributed by atoms with van der Waals surface area (Å²) in [5.74, 6) is 0.958. The van der Waals surface area contributed by atoms with E-state index in [1.807, 2.05) is 61.5 Å². The van der Waals surface area contributed by atoms with Crippen LogP contribution >= 0.6 is 23.4 Å². The first-order chi connectivity index (χ1) is 13.6. The predicted octanol–water partition coefficient (Wildman–Crippen LogP) is 4.46. The van der Waals surface area contributed by atoms with Gasteiger partial charge in [-0.1, -0.05) is 71.4 Å². The summed E-state index contributed by atoms with van der Waals surface area (Å²) in [6, 6.07) is 17.6. The number of nitrogens with one attached hydrogen (secondary N) is 2. The van der Waals surface area contributed by atoms with Gasteiger partial charge in [-0.25, -0.2) is 9.97 Å². The van der Waals surface area contributed by atoms with Gasteiger partial charge in [0.2, 0.25) is 5.91 Å². The molecule has 0 spiro atoms. The van der Waals surface area contributed by atoms with E-state index in [1.54, 1.807) is 0 Å². The number of carbonyl (C=O) groups excluding carboxylic acids is 1. The fourth-order valence-corrected chi connectivity index (χ4v) is 3.34. The van der Waals surface area contributed by atoms with Crippen molar-refractivity contribution in [1.29, 1.82) is 0 Å².